The molecular formula is C51H64N4O14. The lowest BCUT2D eigenvalue weighted by molar-refractivity contribution is -0.384. The first kappa shape index (κ1) is 52.1. The zero-order valence-electron chi connectivity index (χ0n) is 39.5. The number of benzene rings is 3. The van der Waals surface area contributed by atoms with E-state index in [1.807, 2.05) is 6.92 Å². The largest absolute Gasteiger partial charge is 0.497 e. The normalized spacial score (nSPS) is 21.9. The van der Waals surface area contributed by atoms with E-state index >= 15 is 0 Å². The van der Waals surface area contributed by atoms with Crippen LogP contribution in [0.2, 0.25) is 0 Å². The molecule has 3 aromatic carbocycles. The van der Waals surface area contributed by atoms with Gasteiger partial charge in [-0.15, -0.1) is 6.58 Å². The number of anilines is 1. The number of aliphatic hydroxyl groups is 3. The maximum absolute atomic E-state index is 14.8. The molecule has 2 aliphatic carbocycles. The topological polar surface area (TPSA) is 230 Å². The molecular weight excluding hydrogens is 893 g/mol. The van der Waals surface area contributed by atoms with Crippen LogP contribution in [0.4, 0.5) is 16.2 Å². The number of nitro benzene ring substituents is 1. The number of aliphatic hydroxyl groups excluding tert-OH is 3. The number of oxime groups is 1. The molecule has 0 saturated heterocycles. The van der Waals surface area contributed by atoms with E-state index in [0.717, 1.165) is 24.0 Å². The Labute approximate surface area is 402 Å². The van der Waals surface area contributed by atoms with Crippen LogP contribution in [0, 0.1) is 27.9 Å². The van der Waals surface area contributed by atoms with Crippen molar-refractivity contribution in [1.82, 2.24) is 4.90 Å². The Hall–Kier alpha value is -6.31. The highest BCUT2D eigenvalue weighted by atomic mass is 16.7. The molecule has 2 amide bonds. The van der Waals surface area contributed by atoms with Crippen molar-refractivity contribution in [1.29, 1.82) is 0 Å². The minimum atomic E-state index is -1.60. The number of nitrogens with zero attached hydrogens (tertiary/aromatic N) is 3. The van der Waals surface area contributed by atoms with Crippen LogP contribution in [0.15, 0.2) is 96.2 Å². The average molecular weight is 957 g/mol. The van der Waals surface area contributed by atoms with Crippen LogP contribution in [-0.2, 0) is 19.1 Å². The van der Waals surface area contributed by atoms with Crippen molar-refractivity contribution in [2.45, 2.75) is 69.6 Å². The highest BCUT2D eigenvalue weighted by molar-refractivity contribution is 6.03. The second-order valence-electron chi connectivity index (χ2n) is 16.8. The predicted molar refractivity (Wildman–Crippen MR) is 258 cm³/mol. The SMILES string of the molecule is C=CCO[C@@]12Oc3ccc(OC(=O)Nc4ccc(OC)cc4OC)cc3[C@H]3[C@H](CCCCO)[C@@H](CCCCO)C=C(C(=NOCC)C[C@@H]1N(CCOCCO)C(=O)C=Cc1ccc([N+](=O)[O-])cc1)[C@H]32. The number of fused-ring (bicyclic) bond motifs is 2. The molecule has 0 aromatic heterocycles. The molecule has 372 valence electrons. The maximum atomic E-state index is 14.8. The number of rotatable bonds is 26. The molecule has 69 heavy (non-hydrogen) atoms. The van der Waals surface area contributed by atoms with Gasteiger partial charge in [-0.2, -0.15) is 0 Å². The summed E-state index contributed by atoms with van der Waals surface area (Å²) in [6.45, 7) is 6.01. The maximum Gasteiger partial charge on any atom is 0.417 e. The van der Waals surface area contributed by atoms with E-state index in [0.29, 0.717) is 59.9 Å². The summed E-state index contributed by atoms with van der Waals surface area (Å²) in [5.41, 5.74) is 2.95. The smallest absolute Gasteiger partial charge is 0.417 e. The third-order valence-electron chi connectivity index (χ3n) is 12.7. The van der Waals surface area contributed by atoms with Gasteiger partial charge in [0.2, 0.25) is 11.7 Å². The first-order chi connectivity index (χ1) is 33.5. The van der Waals surface area contributed by atoms with Gasteiger partial charge in [-0.3, -0.25) is 20.2 Å². The Bertz CT molecular complexity index is 2320. The van der Waals surface area contributed by atoms with E-state index in [1.54, 1.807) is 65.6 Å². The van der Waals surface area contributed by atoms with Crippen molar-refractivity contribution < 1.29 is 63.1 Å². The van der Waals surface area contributed by atoms with Crippen LogP contribution in [-0.4, -0.2) is 122 Å². The van der Waals surface area contributed by atoms with Crippen molar-refractivity contribution >= 4 is 35.2 Å². The lowest BCUT2D eigenvalue weighted by Crippen LogP contribution is -2.70. The number of unbranched alkanes of at least 4 members (excludes halogenated alkanes) is 2. The van der Waals surface area contributed by atoms with Crippen molar-refractivity contribution in [2.24, 2.45) is 22.9 Å². The van der Waals surface area contributed by atoms with Gasteiger partial charge in [-0.25, -0.2) is 4.79 Å². The third-order valence-corrected chi connectivity index (χ3v) is 12.7. The number of nitrogens with one attached hydrogen (secondary N) is 1. The second-order valence-corrected chi connectivity index (χ2v) is 16.8. The minimum absolute atomic E-state index is 0.00526. The Morgan fingerprint density at radius 1 is 0.971 bits per heavy atom. The summed E-state index contributed by atoms with van der Waals surface area (Å²) in [5, 5.41) is 48.4. The zero-order chi connectivity index (χ0) is 49.3. The fourth-order valence-corrected chi connectivity index (χ4v) is 9.72. The summed E-state index contributed by atoms with van der Waals surface area (Å²) in [5.74, 6) is -1.71. The standard InChI is InChI=1S/C51H64N4O14/c1-5-27-66-51-46(54(23-28-65-29-26-58)47(59)22-15-34-13-16-36(17-14-34)55(61)62)33-43(53-67-6-2)40-30-35(11-7-9-24-56)39(12-8-10-25-57)48(49(40)51)41-31-38(19-21-44(41)69-51)68-50(60)52-42-20-18-37(63-3)32-45(42)64-4/h5,13-22,30-32,35,39,46,48-49,56-58H,1,6-12,23-29,33H2,2-4H3,(H,52,60)/t35-,39+,46-,48+,49+,51+/m0/s1. The number of nitro groups is 1. The molecule has 0 spiro atoms. The van der Waals surface area contributed by atoms with Crippen LogP contribution in [0.5, 0.6) is 23.0 Å². The third kappa shape index (κ3) is 12.5. The van der Waals surface area contributed by atoms with Gasteiger partial charge in [0, 0.05) is 61.9 Å². The van der Waals surface area contributed by atoms with Crippen LogP contribution in [0.1, 0.15) is 68.9 Å². The number of hydrogen-bond donors (Lipinski definition) is 4. The Morgan fingerprint density at radius 3 is 2.41 bits per heavy atom. The lowest BCUT2D eigenvalue weighted by Gasteiger charge is -2.60. The lowest BCUT2D eigenvalue weighted by atomic mass is 9.55. The molecule has 4 N–H and O–H groups in total. The van der Waals surface area contributed by atoms with E-state index < -0.39 is 40.6 Å². The molecule has 0 bridgehead atoms. The van der Waals surface area contributed by atoms with Crippen LogP contribution < -0.4 is 24.3 Å². The molecule has 18 nitrogen and oxygen atoms in total. The number of hydrogen-bond acceptors (Lipinski definition) is 15. The van der Waals surface area contributed by atoms with Crippen LogP contribution in [0.3, 0.4) is 0 Å². The number of carbonyl (C=O) groups excluding carboxylic acids is 2. The number of methoxy groups -OCH3 is 2. The van der Waals surface area contributed by atoms with E-state index in [-0.39, 0.29) is 82.5 Å². The molecule has 0 radical (unpaired) electrons. The first-order valence-electron chi connectivity index (χ1n) is 23.4. The van der Waals surface area contributed by atoms with Gasteiger partial charge in [0.15, 0.2) is 0 Å². The predicted octanol–water partition coefficient (Wildman–Crippen LogP) is 7.43. The fraction of sp³-hybridized carbons (Fsp3) is 0.471. The second kappa shape index (κ2) is 25.3. The first-order valence-corrected chi connectivity index (χ1v) is 23.4. The Balaban J connectivity index is 1.52. The van der Waals surface area contributed by atoms with Gasteiger partial charge in [-0.05, 0) is 104 Å². The molecule has 1 aliphatic heterocycles. The number of non-ortho nitro benzene ring substituents is 1. The quantitative estimate of drug-likeness (QED) is 0.0202. The van der Waals surface area contributed by atoms with Gasteiger partial charge >= 0.3 is 6.09 Å². The molecule has 1 saturated carbocycles. The van der Waals surface area contributed by atoms with Crippen molar-refractivity contribution in [3.05, 3.63) is 112 Å². The zero-order valence-corrected chi connectivity index (χ0v) is 39.5. The van der Waals surface area contributed by atoms with Gasteiger partial charge in [0.1, 0.15) is 35.6 Å². The molecule has 3 aromatic rings. The van der Waals surface area contributed by atoms with Gasteiger partial charge in [0.25, 0.3) is 5.69 Å². The number of carbonyl (C=O) groups is 2. The van der Waals surface area contributed by atoms with Crippen molar-refractivity contribution in [3.63, 3.8) is 0 Å². The number of allylic oxidation sites excluding steroid dienone is 1. The van der Waals surface area contributed by atoms with Gasteiger partial charge < -0.3 is 53.5 Å². The van der Waals surface area contributed by atoms with E-state index in [9.17, 15) is 35.0 Å². The monoisotopic (exact) mass is 956 g/mol. The highest BCUT2D eigenvalue weighted by Gasteiger charge is 2.65. The van der Waals surface area contributed by atoms with E-state index in [4.69, 9.17) is 38.4 Å². The molecule has 1 fully saturated rings. The van der Waals surface area contributed by atoms with E-state index in [1.165, 1.54) is 32.4 Å². The highest BCUT2D eigenvalue weighted by Crippen LogP contribution is 2.62. The summed E-state index contributed by atoms with van der Waals surface area (Å²) in [6.07, 6.45) is 10.1. The van der Waals surface area contributed by atoms with E-state index in [2.05, 4.69) is 18.0 Å². The fourth-order valence-electron chi connectivity index (χ4n) is 9.72. The summed E-state index contributed by atoms with van der Waals surface area (Å²) < 4.78 is 36.8. The average Bonchev–Trinajstić information content (AvgIpc) is 3.35. The number of ether oxygens (including phenoxy) is 6. The van der Waals surface area contributed by atoms with Crippen LogP contribution >= 0.6 is 0 Å². The molecule has 1 heterocycles. The Kier molecular flexibility index (Phi) is 19.1. The molecule has 3 aliphatic rings. The van der Waals surface area contributed by atoms with Crippen molar-refractivity contribution in [3.8, 4) is 23.0 Å². The molecule has 6 atom stereocenters. The van der Waals surface area contributed by atoms with Crippen molar-refractivity contribution in [2.75, 3.05) is 72.3 Å². The van der Waals surface area contributed by atoms with Gasteiger partial charge in [-0.1, -0.05) is 30.1 Å². The van der Waals surface area contributed by atoms with Gasteiger partial charge in [0.05, 0.1) is 62.9 Å². The molecule has 0 unspecified atom stereocenters. The summed E-state index contributed by atoms with van der Waals surface area (Å²) >= 11 is 0. The summed E-state index contributed by atoms with van der Waals surface area (Å²) in [6, 6.07) is 15.1. The Morgan fingerprint density at radius 2 is 1.72 bits per heavy atom. The van der Waals surface area contributed by atoms with Crippen LogP contribution in [0.25, 0.3) is 6.08 Å². The molecule has 18 heteroatoms. The minimum Gasteiger partial charge on any atom is -0.497 e. The summed E-state index contributed by atoms with van der Waals surface area (Å²) in [4.78, 5) is 46.8. The number of amides is 2. The summed E-state index contributed by atoms with van der Waals surface area (Å²) in [7, 11) is 3.01. The molecule has 6 rings (SSSR count).